The van der Waals surface area contributed by atoms with Gasteiger partial charge in [-0.1, -0.05) is 34.1 Å². The number of ether oxygens (including phenoxy) is 1. The average Bonchev–Trinajstić information content (AvgIpc) is 3.24. The van der Waals surface area contributed by atoms with Crippen molar-refractivity contribution in [2.75, 3.05) is 11.9 Å². The van der Waals surface area contributed by atoms with E-state index in [4.69, 9.17) is 9.15 Å². The minimum absolute atomic E-state index is 0.0881. The zero-order valence-corrected chi connectivity index (χ0v) is 18.8. The van der Waals surface area contributed by atoms with Crippen LogP contribution in [-0.4, -0.2) is 28.3 Å². The Kier molecular flexibility index (Phi) is 5.65. The molecule has 4 rings (SSSR count). The second kappa shape index (κ2) is 8.39. The number of rotatable bonds is 5. The molecule has 0 aliphatic carbocycles. The van der Waals surface area contributed by atoms with Crippen molar-refractivity contribution in [3.05, 3.63) is 75.7 Å². The standard InChI is InChI=1S/C23H20BrN3O4/c1-13-18-11-16(24)9-10-19(18)31-22(13)23(29)30-12-20(28)25-21-14(2)26-27(15(21)3)17-7-5-4-6-8-17/h4-11H,12H2,1-3H3,(H,25,28). The van der Waals surface area contributed by atoms with E-state index >= 15 is 0 Å². The summed E-state index contributed by atoms with van der Waals surface area (Å²) in [6.07, 6.45) is 0. The summed E-state index contributed by atoms with van der Waals surface area (Å²) in [5.74, 6) is -1.05. The van der Waals surface area contributed by atoms with Gasteiger partial charge in [-0.15, -0.1) is 0 Å². The highest BCUT2D eigenvalue weighted by Crippen LogP contribution is 2.28. The molecule has 1 amide bonds. The van der Waals surface area contributed by atoms with Gasteiger partial charge >= 0.3 is 5.97 Å². The fourth-order valence-electron chi connectivity index (χ4n) is 3.40. The molecule has 0 bridgehead atoms. The number of hydrogen-bond acceptors (Lipinski definition) is 5. The molecule has 2 aromatic heterocycles. The summed E-state index contributed by atoms with van der Waals surface area (Å²) < 4.78 is 13.4. The summed E-state index contributed by atoms with van der Waals surface area (Å²) >= 11 is 3.40. The monoisotopic (exact) mass is 481 g/mol. The highest BCUT2D eigenvalue weighted by molar-refractivity contribution is 9.10. The van der Waals surface area contributed by atoms with E-state index in [1.807, 2.05) is 56.3 Å². The van der Waals surface area contributed by atoms with Crippen LogP contribution in [0.5, 0.6) is 0 Å². The topological polar surface area (TPSA) is 86.4 Å². The molecule has 7 nitrogen and oxygen atoms in total. The first-order chi connectivity index (χ1) is 14.8. The van der Waals surface area contributed by atoms with Crippen molar-refractivity contribution in [1.82, 2.24) is 9.78 Å². The Hall–Kier alpha value is -3.39. The number of nitrogens with zero attached hydrogens (tertiary/aromatic N) is 2. The summed E-state index contributed by atoms with van der Waals surface area (Å²) in [5.41, 5.74) is 4.17. The number of anilines is 1. The summed E-state index contributed by atoms with van der Waals surface area (Å²) in [4.78, 5) is 24.9. The quantitative estimate of drug-likeness (QED) is 0.400. The van der Waals surface area contributed by atoms with Gasteiger partial charge in [-0.05, 0) is 51.1 Å². The van der Waals surface area contributed by atoms with Crippen LogP contribution in [0.2, 0.25) is 0 Å². The van der Waals surface area contributed by atoms with E-state index in [1.165, 1.54) is 0 Å². The number of nitrogens with one attached hydrogen (secondary N) is 1. The molecule has 31 heavy (non-hydrogen) atoms. The van der Waals surface area contributed by atoms with Gasteiger partial charge in [0.1, 0.15) is 5.58 Å². The number of fused-ring (bicyclic) bond motifs is 1. The van der Waals surface area contributed by atoms with E-state index < -0.39 is 18.5 Å². The SMILES string of the molecule is Cc1nn(-c2ccccc2)c(C)c1NC(=O)COC(=O)c1oc2ccc(Br)cc2c1C. The molecule has 0 spiro atoms. The van der Waals surface area contributed by atoms with Gasteiger partial charge in [-0.2, -0.15) is 5.10 Å². The van der Waals surface area contributed by atoms with E-state index in [0.717, 1.165) is 21.2 Å². The Morgan fingerprint density at radius 2 is 1.87 bits per heavy atom. The number of hydrogen-bond donors (Lipinski definition) is 1. The molecule has 0 radical (unpaired) electrons. The summed E-state index contributed by atoms with van der Waals surface area (Å²) in [6, 6.07) is 15.1. The maximum absolute atomic E-state index is 12.5. The number of furan rings is 1. The van der Waals surface area contributed by atoms with Gasteiger partial charge in [0.25, 0.3) is 5.91 Å². The molecule has 4 aromatic rings. The Bertz CT molecular complexity index is 1290. The molecule has 0 saturated carbocycles. The Morgan fingerprint density at radius 3 is 2.61 bits per heavy atom. The van der Waals surface area contributed by atoms with E-state index in [1.54, 1.807) is 17.7 Å². The third kappa shape index (κ3) is 4.11. The number of carbonyl (C=O) groups excluding carboxylic acids is 2. The predicted molar refractivity (Wildman–Crippen MR) is 121 cm³/mol. The first-order valence-corrected chi connectivity index (χ1v) is 10.4. The third-order valence-electron chi connectivity index (χ3n) is 4.97. The highest BCUT2D eigenvalue weighted by Gasteiger charge is 2.21. The van der Waals surface area contributed by atoms with Gasteiger partial charge in [-0.25, -0.2) is 9.48 Å². The van der Waals surface area contributed by atoms with Crippen LogP contribution < -0.4 is 5.32 Å². The zero-order chi connectivity index (χ0) is 22.1. The van der Waals surface area contributed by atoms with Crippen molar-refractivity contribution >= 4 is 44.5 Å². The molecule has 0 aliphatic heterocycles. The molecule has 158 valence electrons. The molecule has 8 heteroatoms. The number of halogens is 1. The second-order valence-corrected chi connectivity index (χ2v) is 8.03. The van der Waals surface area contributed by atoms with E-state index in [9.17, 15) is 9.59 Å². The number of aryl methyl sites for hydroxylation is 2. The smallest absolute Gasteiger partial charge is 0.375 e. The van der Waals surface area contributed by atoms with Crippen LogP contribution in [0.3, 0.4) is 0 Å². The lowest BCUT2D eigenvalue weighted by Gasteiger charge is -2.07. The van der Waals surface area contributed by atoms with Crippen LogP contribution in [0.15, 0.2) is 57.4 Å². The van der Waals surface area contributed by atoms with Crippen molar-refractivity contribution in [1.29, 1.82) is 0 Å². The van der Waals surface area contributed by atoms with Crippen LogP contribution in [0, 0.1) is 20.8 Å². The van der Waals surface area contributed by atoms with Crippen molar-refractivity contribution in [3.63, 3.8) is 0 Å². The van der Waals surface area contributed by atoms with E-state index in [0.29, 0.717) is 22.5 Å². The molecule has 1 N–H and O–H groups in total. The van der Waals surface area contributed by atoms with Gasteiger partial charge < -0.3 is 14.5 Å². The average molecular weight is 482 g/mol. The number of para-hydroxylation sites is 1. The summed E-state index contributed by atoms with van der Waals surface area (Å²) in [6.45, 7) is 5.02. The molecule has 0 atom stereocenters. The lowest BCUT2D eigenvalue weighted by molar-refractivity contribution is -0.119. The normalized spacial score (nSPS) is 11.0. The van der Waals surface area contributed by atoms with Crippen molar-refractivity contribution in [3.8, 4) is 5.69 Å². The first-order valence-electron chi connectivity index (χ1n) is 9.62. The number of esters is 1. The molecular formula is C23H20BrN3O4. The molecule has 0 unspecified atom stereocenters. The van der Waals surface area contributed by atoms with Gasteiger partial charge in [0.05, 0.1) is 22.8 Å². The highest BCUT2D eigenvalue weighted by atomic mass is 79.9. The maximum Gasteiger partial charge on any atom is 0.375 e. The Morgan fingerprint density at radius 1 is 1.13 bits per heavy atom. The largest absolute Gasteiger partial charge is 0.450 e. The third-order valence-corrected chi connectivity index (χ3v) is 5.47. The molecular weight excluding hydrogens is 462 g/mol. The number of carbonyl (C=O) groups is 2. The summed E-state index contributed by atoms with van der Waals surface area (Å²) in [7, 11) is 0. The van der Waals surface area contributed by atoms with Gasteiger partial charge in [0, 0.05) is 15.4 Å². The van der Waals surface area contributed by atoms with Crippen molar-refractivity contribution in [2.24, 2.45) is 0 Å². The molecule has 2 heterocycles. The molecule has 0 aliphatic rings. The molecule has 2 aromatic carbocycles. The lowest BCUT2D eigenvalue weighted by atomic mass is 10.1. The van der Waals surface area contributed by atoms with E-state index in [-0.39, 0.29) is 5.76 Å². The van der Waals surface area contributed by atoms with Crippen LogP contribution in [0.25, 0.3) is 16.7 Å². The molecule has 0 saturated heterocycles. The molecule has 0 fully saturated rings. The Labute approximate surface area is 187 Å². The minimum Gasteiger partial charge on any atom is -0.450 e. The van der Waals surface area contributed by atoms with Crippen LogP contribution in [0.4, 0.5) is 5.69 Å². The lowest BCUT2D eigenvalue weighted by Crippen LogP contribution is -2.21. The van der Waals surface area contributed by atoms with Crippen LogP contribution in [-0.2, 0) is 9.53 Å². The fourth-order valence-corrected chi connectivity index (χ4v) is 3.77. The van der Waals surface area contributed by atoms with Gasteiger partial charge in [-0.3, -0.25) is 4.79 Å². The Balaban J connectivity index is 1.45. The fraction of sp³-hybridized carbons (Fsp3) is 0.174. The predicted octanol–water partition coefficient (Wildman–Crippen LogP) is 5.10. The van der Waals surface area contributed by atoms with Gasteiger partial charge in [0.15, 0.2) is 6.61 Å². The first kappa shape index (κ1) is 20.9. The van der Waals surface area contributed by atoms with Crippen LogP contribution in [0.1, 0.15) is 27.5 Å². The minimum atomic E-state index is -0.687. The zero-order valence-electron chi connectivity index (χ0n) is 17.2. The maximum atomic E-state index is 12.5. The number of amides is 1. The number of aromatic nitrogens is 2. The van der Waals surface area contributed by atoms with Crippen molar-refractivity contribution < 1.29 is 18.7 Å². The van der Waals surface area contributed by atoms with E-state index in [2.05, 4.69) is 26.3 Å². The number of benzene rings is 2. The second-order valence-electron chi connectivity index (χ2n) is 7.11. The van der Waals surface area contributed by atoms with Gasteiger partial charge in [0.2, 0.25) is 5.76 Å². The van der Waals surface area contributed by atoms with Crippen molar-refractivity contribution in [2.45, 2.75) is 20.8 Å². The summed E-state index contributed by atoms with van der Waals surface area (Å²) in [5, 5.41) is 8.09. The van der Waals surface area contributed by atoms with Crippen LogP contribution >= 0.6 is 15.9 Å².